The zero-order valence-electron chi connectivity index (χ0n) is 21.9. The van der Waals surface area contributed by atoms with Gasteiger partial charge in [0, 0.05) is 47.7 Å². The van der Waals surface area contributed by atoms with Crippen LogP contribution in [0.2, 0.25) is 0 Å². The highest BCUT2D eigenvalue weighted by Gasteiger charge is 2.63. The molecule has 4 heterocycles. The minimum Gasteiger partial charge on any atom is -0.465 e. The summed E-state index contributed by atoms with van der Waals surface area (Å²) in [4.78, 5) is 51.0. The average molecular weight is 545 g/mol. The average Bonchev–Trinajstić information content (AvgIpc) is 3.70. The number of amides is 3. The van der Waals surface area contributed by atoms with Crippen LogP contribution in [0.5, 0.6) is 0 Å². The predicted octanol–water partition coefficient (Wildman–Crippen LogP) is 3.60. The Kier molecular flexibility index (Phi) is 5.34. The number of anilines is 1. The maximum absolute atomic E-state index is 14.2. The maximum Gasteiger partial charge on any atom is 0.405 e. The number of nitriles is 1. The van der Waals surface area contributed by atoms with Crippen LogP contribution in [0, 0.1) is 11.3 Å². The molecule has 7 rings (SSSR count). The molecule has 1 spiro atoms. The first kappa shape index (κ1) is 24.7. The van der Waals surface area contributed by atoms with E-state index >= 15 is 0 Å². The lowest BCUT2D eigenvalue weighted by molar-refractivity contribution is -0.146. The Bertz CT molecular complexity index is 1800. The molecule has 2 N–H and O–H groups in total. The molecule has 1 aliphatic carbocycles. The third-order valence-electron chi connectivity index (χ3n) is 8.43. The Labute approximate surface area is 234 Å². The number of carbonyl (C=O) groups is 3. The summed E-state index contributed by atoms with van der Waals surface area (Å²) in [6, 6.07) is 21.0. The first-order chi connectivity index (χ1) is 19.8. The molecule has 4 aromatic rings. The largest absolute Gasteiger partial charge is 0.465 e. The van der Waals surface area contributed by atoms with E-state index < -0.39 is 17.0 Å². The van der Waals surface area contributed by atoms with Crippen LogP contribution < -0.4 is 10.2 Å². The molecular formula is C31H24N6O4. The number of likely N-dealkylation sites (tertiary alicyclic amines) is 1. The van der Waals surface area contributed by atoms with E-state index in [0.717, 1.165) is 33.2 Å². The van der Waals surface area contributed by atoms with E-state index in [4.69, 9.17) is 4.98 Å². The topological polar surface area (TPSA) is 140 Å². The molecule has 3 aliphatic rings. The molecule has 1 saturated carbocycles. The first-order valence-electron chi connectivity index (χ1n) is 13.3. The zero-order valence-corrected chi connectivity index (χ0v) is 21.9. The first-order valence-corrected chi connectivity index (χ1v) is 13.3. The minimum atomic E-state index is -1.23. The van der Waals surface area contributed by atoms with E-state index in [-0.39, 0.29) is 31.4 Å². The lowest BCUT2D eigenvalue weighted by Crippen LogP contribution is -2.68. The van der Waals surface area contributed by atoms with Crippen LogP contribution in [0.25, 0.3) is 21.9 Å². The molecule has 10 nitrogen and oxygen atoms in total. The van der Waals surface area contributed by atoms with Crippen molar-refractivity contribution in [3.63, 3.8) is 0 Å². The molecule has 10 heteroatoms. The van der Waals surface area contributed by atoms with Gasteiger partial charge in [0.1, 0.15) is 22.7 Å². The molecule has 0 bridgehead atoms. The summed E-state index contributed by atoms with van der Waals surface area (Å²) in [5.74, 6) is -0.390. The summed E-state index contributed by atoms with van der Waals surface area (Å²) in [5, 5.41) is 22.7. The molecule has 2 fully saturated rings. The summed E-state index contributed by atoms with van der Waals surface area (Å²) < 4.78 is 0. The maximum atomic E-state index is 14.2. The Morgan fingerprint density at radius 3 is 2.46 bits per heavy atom. The molecule has 2 aromatic carbocycles. The monoisotopic (exact) mass is 544 g/mol. The summed E-state index contributed by atoms with van der Waals surface area (Å²) in [6.45, 7) is 0.591. The smallest absolute Gasteiger partial charge is 0.405 e. The molecule has 202 valence electrons. The molecule has 3 amide bonds. The molecule has 2 aliphatic heterocycles. The van der Waals surface area contributed by atoms with Crippen molar-refractivity contribution in [2.24, 2.45) is 0 Å². The number of hydrogen-bond acceptors (Lipinski definition) is 6. The van der Waals surface area contributed by atoms with Gasteiger partial charge in [-0.1, -0.05) is 42.5 Å². The van der Waals surface area contributed by atoms with Crippen molar-refractivity contribution in [3.05, 3.63) is 90.0 Å². The fraction of sp³-hybridized carbons (Fsp3) is 0.226. The van der Waals surface area contributed by atoms with Gasteiger partial charge < -0.3 is 20.2 Å². The highest BCUT2D eigenvalue weighted by Crippen LogP contribution is 2.50. The van der Waals surface area contributed by atoms with E-state index in [1.165, 1.54) is 0 Å². The minimum absolute atomic E-state index is 0.113. The number of nitrogens with one attached hydrogen (secondary N) is 1. The van der Waals surface area contributed by atoms with Crippen LogP contribution in [-0.2, 0) is 21.5 Å². The molecule has 0 radical (unpaired) electrons. The Morgan fingerprint density at radius 1 is 1.00 bits per heavy atom. The van der Waals surface area contributed by atoms with Gasteiger partial charge in [0.05, 0.1) is 12.2 Å². The SMILES string of the molecule is N#Cc1ccc(-c2c(CN3C(=O)C4(CN(C(=O)C5(NC(=O)O)CC5)C4)c4ccccc43)ncc3ccccc23)cn1. The molecule has 41 heavy (non-hydrogen) atoms. The number of benzene rings is 2. The van der Waals surface area contributed by atoms with E-state index in [0.29, 0.717) is 24.2 Å². The van der Waals surface area contributed by atoms with Crippen LogP contribution in [0.15, 0.2) is 73.1 Å². The van der Waals surface area contributed by atoms with Crippen LogP contribution in [0.1, 0.15) is 29.8 Å². The second-order valence-electron chi connectivity index (χ2n) is 10.9. The van der Waals surface area contributed by atoms with E-state index in [1.807, 2.05) is 60.7 Å². The van der Waals surface area contributed by atoms with Crippen molar-refractivity contribution in [3.8, 4) is 17.2 Å². The Morgan fingerprint density at radius 2 is 1.76 bits per heavy atom. The predicted molar refractivity (Wildman–Crippen MR) is 149 cm³/mol. The van der Waals surface area contributed by atoms with Crippen LogP contribution in [0.3, 0.4) is 0 Å². The molecule has 0 unspecified atom stereocenters. The summed E-state index contributed by atoms with van der Waals surface area (Å²) in [6.07, 6.45) is 3.14. The number of aromatic nitrogens is 2. The summed E-state index contributed by atoms with van der Waals surface area (Å²) in [7, 11) is 0. The highest BCUT2D eigenvalue weighted by molar-refractivity contribution is 6.11. The van der Waals surface area contributed by atoms with Crippen molar-refractivity contribution >= 4 is 34.4 Å². The van der Waals surface area contributed by atoms with E-state index in [1.54, 1.807) is 28.3 Å². The molecule has 2 aromatic heterocycles. The van der Waals surface area contributed by atoms with Gasteiger partial charge in [0.25, 0.3) is 0 Å². The van der Waals surface area contributed by atoms with Gasteiger partial charge in [0.2, 0.25) is 11.8 Å². The lowest BCUT2D eigenvalue weighted by atomic mass is 9.74. The standard InChI is InChI=1S/C31H24N6O4/c32-13-21-10-9-20(15-33-21)26-22-6-2-1-5-19(22)14-34-24(26)16-37-25-8-4-3-7-23(25)30(27(37)38)17-36(18-30)28(39)31(11-12-31)35-29(40)41/h1-10,14-15,35H,11-12,16-18H2,(H,40,41). The summed E-state index contributed by atoms with van der Waals surface area (Å²) >= 11 is 0. The van der Waals surface area contributed by atoms with Crippen molar-refractivity contribution in [2.45, 2.75) is 30.3 Å². The quantitative estimate of drug-likeness (QED) is 0.391. The van der Waals surface area contributed by atoms with Gasteiger partial charge in [-0.15, -0.1) is 0 Å². The van der Waals surface area contributed by atoms with Gasteiger partial charge in [0.15, 0.2) is 0 Å². The van der Waals surface area contributed by atoms with Gasteiger partial charge in [-0.05, 0) is 42.0 Å². The fourth-order valence-electron chi connectivity index (χ4n) is 6.24. The zero-order chi connectivity index (χ0) is 28.4. The van der Waals surface area contributed by atoms with Gasteiger partial charge in [-0.2, -0.15) is 5.26 Å². The van der Waals surface area contributed by atoms with Gasteiger partial charge >= 0.3 is 6.09 Å². The van der Waals surface area contributed by atoms with Crippen molar-refractivity contribution in [1.29, 1.82) is 5.26 Å². The number of hydrogen-bond donors (Lipinski definition) is 2. The molecule has 0 atom stereocenters. The highest BCUT2D eigenvalue weighted by atomic mass is 16.4. The molecular weight excluding hydrogens is 520 g/mol. The van der Waals surface area contributed by atoms with Crippen molar-refractivity contribution in [2.75, 3.05) is 18.0 Å². The van der Waals surface area contributed by atoms with Crippen molar-refractivity contribution < 1.29 is 19.5 Å². The third-order valence-corrected chi connectivity index (χ3v) is 8.43. The second-order valence-corrected chi connectivity index (χ2v) is 10.9. The lowest BCUT2D eigenvalue weighted by Gasteiger charge is -2.48. The Hall–Kier alpha value is -5.30. The Balaban J connectivity index is 1.24. The summed E-state index contributed by atoms with van der Waals surface area (Å²) in [5.41, 5.74) is 2.29. The number of nitrogens with zero attached hydrogens (tertiary/aromatic N) is 5. The van der Waals surface area contributed by atoms with E-state index in [9.17, 15) is 24.8 Å². The van der Waals surface area contributed by atoms with Crippen molar-refractivity contribution in [1.82, 2.24) is 20.2 Å². The third kappa shape index (κ3) is 3.73. The normalized spacial score (nSPS) is 17.6. The fourth-order valence-corrected chi connectivity index (χ4v) is 6.24. The number of rotatable bonds is 5. The number of carboxylic acid groups (broad SMARTS) is 1. The van der Waals surface area contributed by atoms with Crippen LogP contribution >= 0.6 is 0 Å². The van der Waals surface area contributed by atoms with Gasteiger partial charge in [-0.3, -0.25) is 14.6 Å². The second kappa shape index (κ2) is 8.86. The number of pyridine rings is 2. The number of para-hydroxylation sites is 1. The van der Waals surface area contributed by atoms with Crippen LogP contribution in [-0.4, -0.2) is 56.5 Å². The number of carbonyl (C=O) groups excluding carboxylic acids is 2. The number of fused-ring (bicyclic) bond motifs is 3. The van der Waals surface area contributed by atoms with Gasteiger partial charge in [-0.25, -0.2) is 9.78 Å². The van der Waals surface area contributed by atoms with Crippen LogP contribution in [0.4, 0.5) is 10.5 Å². The van der Waals surface area contributed by atoms with E-state index in [2.05, 4.69) is 10.3 Å². The molecule has 1 saturated heterocycles.